The average Bonchev–Trinajstić information content (AvgIpc) is 2.72. The average molecular weight is 248 g/mol. The molecular formula is C13H16N2O3. The van der Waals surface area contributed by atoms with Crippen LogP contribution in [0, 0.1) is 5.92 Å². The van der Waals surface area contributed by atoms with Gasteiger partial charge in [-0.3, -0.25) is 4.90 Å². The summed E-state index contributed by atoms with van der Waals surface area (Å²) < 4.78 is 0. The van der Waals surface area contributed by atoms with Crippen molar-refractivity contribution >= 4 is 17.7 Å². The molecule has 1 aliphatic heterocycles. The molecule has 1 unspecified atom stereocenters. The standard InChI is InChI=1S/C13H16N2O3/c1-8(2)11-7-15(13(18)14-11)10-5-3-4-9(6-10)12(16)17/h3-6,8,11H,7H2,1-2H3,(H,14,18)(H,16,17). The Morgan fingerprint density at radius 3 is 2.78 bits per heavy atom. The molecule has 0 spiro atoms. The number of hydrogen-bond acceptors (Lipinski definition) is 2. The summed E-state index contributed by atoms with van der Waals surface area (Å²) in [7, 11) is 0. The van der Waals surface area contributed by atoms with E-state index in [0.29, 0.717) is 18.2 Å². The van der Waals surface area contributed by atoms with Crippen LogP contribution in [0.15, 0.2) is 24.3 Å². The molecule has 1 fully saturated rings. The fraction of sp³-hybridized carbons (Fsp3) is 0.385. The number of nitrogens with one attached hydrogen (secondary N) is 1. The summed E-state index contributed by atoms with van der Waals surface area (Å²) in [6.45, 7) is 4.66. The third-order valence-corrected chi connectivity index (χ3v) is 3.14. The molecule has 0 aromatic heterocycles. The summed E-state index contributed by atoms with van der Waals surface area (Å²) in [5, 5.41) is 11.8. The van der Waals surface area contributed by atoms with Crippen molar-refractivity contribution < 1.29 is 14.7 Å². The first-order valence-corrected chi connectivity index (χ1v) is 5.90. The van der Waals surface area contributed by atoms with Crippen molar-refractivity contribution in [2.75, 3.05) is 11.4 Å². The van der Waals surface area contributed by atoms with Gasteiger partial charge in [-0.1, -0.05) is 19.9 Å². The van der Waals surface area contributed by atoms with E-state index in [2.05, 4.69) is 5.32 Å². The van der Waals surface area contributed by atoms with Crippen LogP contribution in [0.5, 0.6) is 0 Å². The van der Waals surface area contributed by atoms with E-state index >= 15 is 0 Å². The van der Waals surface area contributed by atoms with E-state index < -0.39 is 5.97 Å². The molecule has 18 heavy (non-hydrogen) atoms. The fourth-order valence-electron chi connectivity index (χ4n) is 1.97. The van der Waals surface area contributed by atoms with Crippen LogP contribution in [-0.2, 0) is 0 Å². The van der Waals surface area contributed by atoms with Crippen LogP contribution in [0.2, 0.25) is 0 Å². The van der Waals surface area contributed by atoms with Gasteiger partial charge >= 0.3 is 12.0 Å². The van der Waals surface area contributed by atoms with E-state index in [1.165, 1.54) is 12.1 Å². The van der Waals surface area contributed by atoms with Gasteiger partial charge in [0.15, 0.2) is 0 Å². The molecular weight excluding hydrogens is 232 g/mol. The number of nitrogens with zero attached hydrogens (tertiary/aromatic N) is 1. The fourth-order valence-corrected chi connectivity index (χ4v) is 1.97. The predicted molar refractivity (Wildman–Crippen MR) is 67.9 cm³/mol. The molecule has 1 aliphatic rings. The molecule has 2 rings (SSSR count). The van der Waals surface area contributed by atoms with Crippen molar-refractivity contribution in [3.05, 3.63) is 29.8 Å². The number of carboxylic acids is 1. The monoisotopic (exact) mass is 248 g/mol. The topological polar surface area (TPSA) is 69.6 Å². The second kappa shape index (κ2) is 4.68. The highest BCUT2D eigenvalue weighted by Gasteiger charge is 2.31. The molecule has 5 nitrogen and oxygen atoms in total. The summed E-state index contributed by atoms with van der Waals surface area (Å²) in [4.78, 5) is 24.3. The maximum Gasteiger partial charge on any atom is 0.335 e. The number of carbonyl (C=O) groups is 2. The van der Waals surface area contributed by atoms with E-state index in [1.54, 1.807) is 17.0 Å². The van der Waals surface area contributed by atoms with E-state index in [-0.39, 0.29) is 17.6 Å². The quantitative estimate of drug-likeness (QED) is 0.858. The smallest absolute Gasteiger partial charge is 0.335 e. The Morgan fingerprint density at radius 2 is 2.22 bits per heavy atom. The lowest BCUT2D eigenvalue weighted by Crippen LogP contribution is -2.31. The summed E-state index contributed by atoms with van der Waals surface area (Å²) >= 11 is 0. The zero-order valence-electron chi connectivity index (χ0n) is 10.4. The highest BCUT2D eigenvalue weighted by Crippen LogP contribution is 2.22. The van der Waals surface area contributed by atoms with Gasteiger partial charge in [-0.05, 0) is 24.1 Å². The molecule has 1 atom stereocenters. The van der Waals surface area contributed by atoms with Gasteiger partial charge in [0, 0.05) is 12.2 Å². The molecule has 0 saturated carbocycles. The van der Waals surface area contributed by atoms with Gasteiger partial charge in [-0.15, -0.1) is 0 Å². The minimum atomic E-state index is -0.989. The predicted octanol–water partition coefficient (Wildman–Crippen LogP) is 1.94. The van der Waals surface area contributed by atoms with Crippen LogP contribution in [0.25, 0.3) is 0 Å². The number of carboxylic acid groups (broad SMARTS) is 1. The first-order chi connectivity index (χ1) is 8.49. The second-order valence-electron chi connectivity index (χ2n) is 4.77. The van der Waals surface area contributed by atoms with Gasteiger partial charge < -0.3 is 10.4 Å². The first kappa shape index (κ1) is 12.4. The summed E-state index contributed by atoms with van der Waals surface area (Å²) in [5.41, 5.74) is 0.809. The van der Waals surface area contributed by atoms with E-state index in [4.69, 9.17) is 5.11 Å². The van der Waals surface area contributed by atoms with Crippen molar-refractivity contribution in [3.8, 4) is 0 Å². The summed E-state index contributed by atoms with van der Waals surface area (Å²) in [6, 6.07) is 6.36. The molecule has 0 bridgehead atoms. The van der Waals surface area contributed by atoms with Gasteiger partial charge in [-0.2, -0.15) is 0 Å². The maximum atomic E-state index is 11.8. The summed E-state index contributed by atoms with van der Waals surface area (Å²) in [6.07, 6.45) is 0. The highest BCUT2D eigenvalue weighted by atomic mass is 16.4. The number of hydrogen-bond donors (Lipinski definition) is 2. The molecule has 5 heteroatoms. The van der Waals surface area contributed by atoms with E-state index in [9.17, 15) is 9.59 Å². The van der Waals surface area contributed by atoms with E-state index in [1.807, 2.05) is 13.8 Å². The van der Waals surface area contributed by atoms with Crippen molar-refractivity contribution in [1.82, 2.24) is 5.32 Å². The minimum Gasteiger partial charge on any atom is -0.478 e. The highest BCUT2D eigenvalue weighted by molar-refractivity contribution is 5.96. The number of aromatic carboxylic acids is 1. The molecule has 96 valence electrons. The lowest BCUT2D eigenvalue weighted by atomic mass is 10.1. The van der Waals surface area contributed by atoms with Crippen molar-refractivity contribution in [2.24, 2.45) is 5.92 Å². The zero-order valence-corrected chi connectivity index (χ0v) is 10.4. The van der Waals surface area contributed by atoms with Crippen LogP contribution in [0.1, 0.15) is 24.2 Å². The Labute approximate surface area is 105 Å². The minimum absolute atomic E-state index is 0.103. The first-order valence-electron chi connectivity index (χ1n) is 5.90. The third-order valence-electron chi connectivity index (χ3n) is 3.14. The van der Waals surface area contributed by atoms with Crippen LogP contribution in [-0.4, -0.2) is 29.7 Å². The zero-order chi connectivity index (χ0) is 13.3. The number of anilines is 1. The van der Waals surface area contributed by atoms with Gasteiger partial charge in [0.2, 0.25) is 0 Å². The number of rotatable bonds is 3. The molecule has 2 amide bonds. The normalized spacial score (nSPS) is 19.2. The number of amides is 2. The Balaban J connectivity index is 2.24. The number of carbonyl (C=O) groups excluding carboxylic acids is 1. The maximum absolute atomic E-state index is 11.8. The Kier molecular flexibility index (Phi) is 3.23. The van der Waals surface area contributed by atoms with Crippen molar-refractivity contribution in [3.63, 3.8) is 0 Å². The van der Waals surface area contributed by atoms with Crippen LogP contribution in [0.3, 0.4) is 0 Å². The van der Waals surface area contributed by atoms with Crippen molar-refractivity contribution in [2.45, 2.75) is 19.9 Å². The van der Waals surface area contributed by atoms with Gasteiger partial charge in [-0.25, -0.2) is 9.59 Å². The van der Waals surface area contributed by atoms with Crippen LogP contribution in [0.4, 0.5) is 10.5 Å². The summed E-state index contributed by atoms with van der Waals surface area (Å²) in [5.74, 6) is -0.640. The Hall–Kier alpha value is -2.04. The van der Waals surface area contributed by atoms with Gasteiger partial charge in [0.1, 0.15) is 0 Å². The molecule has 1 aromatic carbocycles. The molecule has 1 aromatic rings. The van der Waals surface area contributed by atoms with Crippen LogP contribution < -0.4 is 10.2 Å². The lowest BCUT2D eigenvalue weighted by Gasteiger charge is -2.16. The van der Waals surface area contributed by atoms with Crippen molar-refractivity contribution in [1.29, 1.82) is 0 Å². The SMILES string of the molecule is CC(C)C1CN(c2cccc(C(=O)O)c2)C(=O)N1. The number of benzene rings is 1. The van der Waals surface area contributed by atoms with Crippen LogP contribution >= 0.6 is 0 Å². The molecule has 2 N–H and O–H groups in total. The molecule has 0 radical (unpaired) electrons. The van der Waals surface area contributed by atoms with Gasteiger partial charge in [0.05, 0.1) is 11.6 Å². The Morgan fingerprint density at radius 1 is 1.50 bits per heavy atom. The molecule has 0 aliphatic carbocycles. The third kappa shape index (κ3) is 2.30. The molecule has 1 saturated heterocycles. The Bertz CT molecular complexity index is 485. The largest absolute Gasteiger partial charge is 0.478 e. The van der Waals surface area contributed by atoms with E-state index in [0.717, 1.165) is 0 Å². The number of urea groups is 1. The van der Waals surface area contributed by atoms with Gasteiger partial charge in [0.25, 0.3) is 0 Å². The molecule has 1 heterocycles. The lowest BCUT2D eigenvalue weighted by molar-refractivity contribution is 0.0697. The second-order valence-corrected chi connectivity index (χ2v) is 4.77.